The molecule has 0 bridgehead atoms. The van der Waals surface area contributed by atoms with E-state index in [1.165, 1.54) is 12.8 Å². The summed E-state index contributed by atoms with van der Waals surface area (Å²) in [6.45, 7) is 15.0. The van der Waals surface area contributed by atoms with E-state index in [1.807, 2.05) is 6.92 Å². The Bertz CT molecular complexity index is 156. The van der Waals surface area contributed by atoms with Gasteiger partial charge >= 0.3 is 0 Å². The van der Waals surface area contributed by atoms with Crippen LogP contribution >= 0.6 is 0 Å². The molecule has 0 aromatic carbocycles. The van der Waals surface area contributed by atoms with Crippen LogP contribution in [0.2, 0.25) is 0 Å². The van der Waals surface area contributed by atoms with E-state index in [1.54, 1.807) is 0 Å². The van der Waals surface area contributed by atoms with E-state index in [2.05, 4.69) is 39.5 Å². The van der Waals surface area contributed by atoms with Crippen molar-refractivity contribution >= 4 is 0 Å². The van der Waals surface area contributed by atoms with Gasteiger partial charge in [0.25, 0.3) is 0 Å². The largest absolute Gasteiger partial charge is 0.392 e. The van der Waals surface area contributed by atoms with Crippen LogP contribution in [0.4, 0.5) is 0 Å². The van der Waals surface area contributed by atoms with E-state index >= 15 is 0 Å². The van der Waals surface area contributed by atoms with E-state index in [0.717, 1.165) is 24.9 Å². The van der Waals surface area contributed by atoms with Crippen molar-refractivity contribution in [1.82, 2.24) is 4.90 Å². The zero-order valence-corrected chi connectivity index (χ0v) is 12.0. The molecular weight excluding hydrogens is 198 g/mol. The third-order valence-electron chi connectivity index (χ3n) is 2.91. The Morgan fingerprint density at radius 1 is 0.938 bits per heavy atom. The van der Waals surface area contributed by atoms with Gasteiger partial charge < -0.3 is 5.11 Å². The fourth-order valence-corrected chi connectivity index (χ4v) is 2.36. The zero-order valence-electron chi connectivity index (χ0n) is 12.0. The maximum absolute atomic E-state index is 9.53. The van der Waals surface area contributed by atoms with Gasteiger partial charge in [-0.3, -0.25) is 4.90 Å². The number of rotatable bonds is 8. The second kappa shape index (κ2) is 8.08. The maximum atomic E-state index is 9.53. The molecule has 0 spiro atoms. The van der Waals surface area contributed by atoms with Crippen LogP contribution < -0.4 is 0 Å². The van der Waals surface area contributed by atoms with Gasteiger partial charge in [-0.05, 0) is 38.1 Å². The highest BCUT2D eigenvalue weighted by Crippen LogP contribution is 2.19. The lowest BCUT2D eigenvalue weighted by Gasteiger charge is -2.34. The highest BCUT2D eigenvalue weighted by atomic mass is 16.3. The van der Waals surface area contributed by atoms with E-state index in [9.17, 15) is 5.11 Å². The number of likely N-dealkylation sites (N-methyl/N-ethyl adjacent to an activating group) is 1. The van der Waals surface area contributed by atoms with E-state index in [4.69, 9.17) is 0 Å². The van der Waals surface area contributed by atoms with Gasteiger partial charge in [-0.2, -0.15) is 0 Å². The minimum Gasteiger partial charge on any atom is -0.392 e. The molecule has 0 aromatic rings. The average molecular weight is 229 g/mol. The molecular formula is C14H31NO. The molecule has 2 nitrogen and oxygen atoms in total. The molecule has 0 saturated carbocycles. The predicted octanol–water partition coefficient (Wildman–Crippen LogP) is 3.15. The first-order chi connectivity index (χ1) is 7.36. The van der Waals surface area contributed by atoms with Gasteiger partial charge in [-0.25, -0.2) is 0 Å². The number of nitrogens with zero attached hydrogens (tertiary/aromatic N) is 1. The van der Waals surface area contributed by atoms with Gasteiger partial charge in [0, 0.05) is 12.6 Å². The minimum atomic E-state index is -0.221. The first-order valence-corrected chi connectivity index (χ1v) is 6.78. The standard InChI is InChI=1S/C14H31NO/c1-7-15(10-13(6)16)14(8-11(2)3)9-12(4)5/h11-14,16H,7-10H2,1-6H3/t13-/m0/s1. The highest BCUT2D eigenvalue weighted by molar-refractivity contribution is 4.75. The van der Waals surface area contributed by atoms with Crippen molar-refractivity contribution in [1.29, 1.82) is 0 Å². The van der Waals surface area contributed by atoms with Crippen LogP contribution in [0.1, 0.15) is 54.4 Å². The number of aliphatic hydroxyl groups is 1. The Balaban J connectivity index is 4.42. The smallest absolute Gasteiger partial charge is 0.0639 e. The van der Waals surface area contributed by atoms with Gasteiger partial charge in [-0.1, -0.05) is 34.6 Å². The van der Waals surface area contributed by atoms with Crippen LogP contribution in [0.15, 0.2) is 0 Å². The summed E-state index contributed by atoms with van der Waals surface area (Å²) in [5, 5.41) is 9.53. The Labute approximate surface area is 102 Å². The summed E-state index contributed by atoms with van der Waals surface area (Å²) in [7, 11) is 0. The van der Waals surface area contributed by atoms with Crippen LogP contribution in [0.3, 0.4) is 0 Å². The monoisotopic (exact) mass is 229 g/mol. The number of hydrogen-bond acceptors (Lipinski definition) is 2. The molecule has 0 aliphatic carbocycles. The molecule has 0 saturated heterocycles. The second-order valence-corrected chi connectivity index (χ2v) is 5.85. The molecule has 98 valence electrons. The molecule has 16 heavy (non-hydrogen) atoms. The summed E-state index contributed by atoms with van der Waals surface area (Å²) in [5.41, 5.74) is 0. The Morgan fingerprint density at radius 2 is 1.38 bits per heavy atom. The molecule has 0 aliphatic rings. The quantitative estimate of drug-likeness (QED) is 0.691. The van der Waals surface area contributed by atoms with E-state index in [-0.39, 0.29) is 6.10 Å². The lowest BCUT2D eigenvalue weighted by Crippen LogP contribution is -2.41. The van der Waals surface area contributed by atoms with Crippen molar-refractivity contribution in [2.24, 2.45) is 11.8 Å². The van der Waals surface area contributed by atoms with Gasteiger partial charge in [-0.15, -0.1) is 0 Å². The molecule has 0 radical (unpaired) electrons. The van der Waals surface area contributed by atoms with Crippen molar-refractivity contribution in [3.8, 4) is 0 Å². The molecule has 1 atom stereocenters. The maximum Gasteiger partial charge on any atom is 0.0639 e. The highest BCUT2D eigenvalue weighted by Gasteiger charge is 2.20. The van der Waals surface area contributed by atoms with Crippen molar-refractivity contribution < 1.29 is 5.11 Å². The minimum absolute atomic E-state index is 0.221. The van der Waals surface area contributed by atoms with E-state index in [0.29, 0.717) is 6.04 Å². The SMILES string of the molecule is CCN(C[C@H](C)O)C(CC(C)C)CC(C)C. The third kappa shape index (κ3) is 7.24. The average Bonchev–Trinajstić information content (AvgIpc) is 2.11. The van der Waals surface area contributed by atoms with Crippen LogP contribution in [-0.4, -0.2) is 35.2 Å². The topological polar surface area (TPSA) is 23.5 Å². The summed E-state index contributed by atoms with van der Waals surface area (Å²) in [4.78, 5) is 2.44. The van der Waals surface area contributed by atoms with Crippen LogP contribution in [0, 0.1) is 11.8 Å². The van der Waals surface area contributed by atoms with Gasteiger partial charge in [0.1, 0.15) is 0 Å². The van der Waals surface area contributed by atoms with E-state index < -0.39 is 0 Å². The van der Waals surface area contributed by atoms with Crippen molar-refractivity contribution in [3.05, 3.63) is 0 Å². The predicted molar refractivity (Wildman–Crippen MR) is 71.6 cm³/mol. The van der Waals surface area contributed by atoms with Crippen LogP contribution in [-0.2, 0) is 0 Å². The fourth-order valence-electron chi connectivity index (χ4n) is 2.36. The van der Waals surface area contributed by atoms with Crippen LogP contribution in [0.5, 0.6) is 0 Å². The molecule has 0 amide bonds. The summed E-state index contributed by atoms with van der Waals surface area (Å²) in [5.74, 6) is 1.46. The van der Waals surface area contributed by atoms with Crippen molar-refractivity contribution in [2.45, 2.75) is 66.5 Å². The Morgan fingerprint density at radius 3 is 1.62 bits per heavy atom. The van der Waals surface area contributed by atoms with Crippen LogP contribution in [0.25, 0.3) is 0 Å². The summed E-state index contributed by atoms with van der Waals surface area (Å²) >= 11 is 0. The molecule has 0 fully saturated rings. The Hall–Kier alpha value is -0.0800. The third-order valence-corrected chi connectivity index (χ3v) is 2.91. The molecule has 0 unspecified atom stereocenters. The molecule has 0 aliphatic heterocycles. The summed E-state index contributed by atoms with van der Waals surface area (Å²) < 4.78 is 0. The first-order valence-electron chi connectivity index (χ1n) is 6.78. The summed E-state index contributed by atoms with van der Waals surface area (Å²) in [6, 6.07) is 0.625. The van der Waals surface area contributed by atoms with Crippen molar-refractivity contribution in [3.63, 3.8) is 0 Å². The normalized spacial score (nSPS) is 14.4. The summed E-state index contributed by atoms with van der Waals surface area (Å²) in [6.07, 6.45) is 2.25. The number of hydrogen-bond donors (Lipinski definition) is 1. The van der Waals surface area contributed by atoms with Gasteiger partial charge in [0.15, 0.2) is 0 Å². The lowest BCUT2D eigenvalue weighted by molar-refractivity contribution is 0.0847. The Kier molecular flexibility index (Phi) is 8.04. The first kappa shape index (κ1) is 15.9. The molecule has 2 heteroatoms. The van der Waals surface area contributed by atoms with Crippen molar-refractivity contribution in [2.75, 3.05) is 13.1 Å². The van der Waals surface area contributed by atoms with Gasteiger partial charge in [0.2, 0.25) is 0 Å². The lowest BCUT2D eigenvalue weighted by atomic mass is 9.94. The molecule has 0 aromatic heterocycles. The number of aliphatic hydroxyl groups excluding tert-OH is 1. The van der Waals surface area contributed by atoms with Gasteiger partial charge in [0.05, 0.1) is 6.10 Å². The second-order valence-electron chi connectivity index (χ2n) is 5.85. The zero-order chi connectivity index (χ0) is 12.7. The fraction of sp³-hybridized carbons (Fsp3) is 1.00. The molecule has 0 heterocycles. The molecule has 0 rings (SSSR count). The molecule has 1 N–H and O–H groups in total.